The van der Waals surface area contributed by atoms with Crippen LogP contribution in [0.15, 0.2) is 4.99 Å². The van der Waals surface area contributed by atoms with Crippen LogP contribution < -0.4 is 10.6 Å². The Balaban J connectivity index is 1.66. The second-order valence-corrected chi connectivity index (χ2v) is 6.82. The molecule has 0 spiro atoms. The molecule has 1 saturated carbocycles. The summed E-state index contributed by atoms with van der Waals surface area (Å²) in [5.74, 6) is 1.75. The first-order valence-electron chi connectivity index (χ1n) is 8.94. The number of nitrogens with zero attached hydrogens (tertiary/aromatic N) is 2. The average Bonchev–Trinajstić information content (AvgIpc) is 2.54. The first-order chi connectivity index (χ1) is 10.7. The van der Waals surface area contributed by atoms with Crippen LogP contribution in [-0.2, 0) is 4.79 Å². The lowest BCUT2D eigenvalue weighted by atomic mass is 9.96. The SMILES string of the molecule is CN=C(NCCC(=O)N1CCCC(C)C1)NC1CCCCC1. The van der Waals surface area contributed by atoms with E-state index in [1.807, 2.05) is 4.90 Å². The van der Waals surface area contributed by atoms with Gasteiger partial charge in [0, 0.05) is 39.1 Å². The Labute approximate surface area is 134 Å². The third kappa shape index (κ3) is 5.50. The molecule has 0 aromatic rings. The molecule has 22 heavy (non-hydrogen) atoms. The van der Waals surface area contributed by atoms with E-state index in [2.05, 4.69) is 22.5 Å². The van der Waals surface area contributed by atoms with Crippen molar-refractivity contribution in [2.75, 3.05) is 26.7 Å². The second-order valence-electron chi connectivity index (χ2n) is 6.82. The van der Waals surface area contributed by atoms with E-state index in [0.717, 1.165) is 25.5 Å². The van der Waals surface area contributed by atoms with Gasteiger partial charge in [-0.1, -0.05) is 26.2 Å². The lowest BCUT2D eigenvalue weighted by molar-refractivity contribution is -0.132. The van der Waals surface area contributed by atoms with Gasteiger partial charge in [-0.3, -0.25) is 9.79 Å². The third-order valence-electron chi connectivity index (χ3n) is 4.81. The smallest absolute Gasteiger partial charge is 0.224 e. The van der Waals surface area contributed by atoms with Crippen molar-refractivity contribution in [3.8, 4) is 0 Å². The van der Waals surface area contributed by atoms with E-state index in [1.165, 1.54) is 38.5 Å². The zero-order chi connectivity index (χ0) is 15.8. The summed E-state index contributed by atoms with van der Waals surface area (Å²) < 4.78 is 0. The highest BCUT2D eigenvalue weighted by Gasteiger charge is 2.20. The standard InChI is InChI=1S/C17H32N4O/c1-14-7-6-12-21(13-14)16(22)10-11-19-17(18-2)20-15-8-4-3-5-9-15/h14-15H,3-13H2,1-2H3,(H2,18,19,20). The Morgan fingerprint density at radius 1 is 1.18 bits per heavy atom. The molecular formula is C17H32N4O. The maximum absolute atomic E-state index is 12.2. The molecule has 2 rings (SSSR count). The van der Waals surface area contributed by atoms with Gasteiger partial charge in [0.2, 0.25) is 5.91 Å². The lowest BCUT2D eigenvalue weighted by Crippen LogP contribution is -2.45. The van der Waals surface area contributed by atoms with Gasteiger partial charge in [-0.15, -0.1) is 0 Å². The van der Waals surface area contributed by atoms with Gasteiger partial charge in [0.25, 0.3) is 0 Å². The molecule has 1 atom stereocenters. The summed E-state index contributed by atoms with van der Waals surface area (Å²) in [6.45, 7) is 4.75. The summed E-state index contributed by atoms with van der Waals surface area (Å²) in [6, 6.07) is 0.540. The number of hydrogen-bond donors (Lipinski definition) is 2. The molecule has 2 N–H and O–H groups in total. The fourth-order valence-corrected chi connectivity index (χ4v) is 3.50. The molecule has 0 radical (unpaired) electrons. The number of aliphatic imine (C=N–C) groups is 1. The number of hydrogen-bond acceptors (Lipinski definition) is 2. The summed E-state index contributed by atoms with van der Waals surface area (Å²) in [7, 11) is 1.80. The highest BCUT2D eigenvalue weighted by atomic mass is 16.2. The van der Waals surface area contributed by atoms with Crippen LogP contribution in [0.5, 0.6) is 0 Å². The van der Waals surface area contributed by atoms with E-state index in [0.29, 0.717) is 24.9 Å². The van der Waals surface area contributed by atoms with E-state index in [1.54, 1.807) is 7.05 Å². The highest BCUT2D eigenvalue weighted by Crippen LogP contribution is 2.17. The molecule has 1 unspecified atom stereocenters. The topological polar surface area (TPSA) is 56.7 Å². The normalized spacial score (nSPS) is 24.2. The summed E-state index contributed by atoms with van der Waals surface area (Å²) in [5, 5.41) is 6.77. The molecule has 2 aliphatic rings. The van der Waals surface area contributed by atoms with Crippen molar-refractivity contribution in [1.29, 1.82) is 0 Å². The van der Waals surface area contributed by atoms with Crippen molar-refractivity contribution < 1.29 is 4.79 Å². The Morgan fingerprint density at radius 2 is 1.95 bits per heavy atom. The third-order valence-corrected chi connectivity index (χ3v) is 4.81. The molecule has 2 fully saturated rings. The first kappa shape index (κ1) is 17.1. The van der Waals surface area contributed by atoms with Gasteiger partial charge in [0.15, 0.2) is 5.96 Å². The van der Waals surface area contributed by atoms with Gasteiger partial charge < -0.3 is 15.5 Å². The van der Waals surface area contributed by atoms with Gasteiger partial charge in [0.1, 0.15) is 0 Å². The Kier molecular flexibility index (Phi) is 7.00. The van der Waals surface area contributed by atoms with Crippen molar-refractivity contribution in [3.63, 3.8) is 0 Å². The van der Waals surface area contributed by atoms with Gasteiger partial charge in [0.05, 0.1) is 0 Å². The number of nitrogens with one attached hydrogen (secondary N) is 2. The zero-order valence-corrected chi connectivity index (χ0v) is 14.2. The van der Waals surface area contributed by atoms with Crippen LogP contribution in [-0.4, -0.2) is 49.5 Å². The number of piperidine rings is 1. The molecule has 5 heteroatoms. The number of likely N-dealkylation sites (tertiary alicyclic amines) is 1. The summed E-state index contributed by atoms with van der Waals surface area (Å²) in [5.41, 5.74) is 0. The Bertz CT molecular complexity index is 377. The van der Waals surface area contributed by atoms with Crippen LogP contribution in [0, 0.1) is 5.92 Å². The molecule has 0 aromatic heterocycles. The molecule has 1 amide bonds. The molecule has 1 aliphatic carbocycles. The summed E-state index contributed by atoms with van der Waals surface area (Å²) in [6.07, 6.45) is 9.37. The highest BCUT2D eigenvalue weighted by molar-refractivity contribution is 5.81. The van der Waals surface area contributed by atoms with Crippen LogP contribution in [0.3, 0.4) is 0 Å². The van der Waals surface area contributed by atoms with Crippen molar-refractivity contribution in [1.82, 2.24) is 15.5 Å². The number of guanidine groups is 1. The van der Waals surface area contributed by atoms with Crippen LogP contribution >= 0.6 is 0 Å². The van der Waals surface area contributed by atoms with Crippen molar-refractivity contribution in [2.45, 2.75) is 64.3 Å². The fraction of sp³-hybridized carbons (Fsp3) is 0.882. The van der Waals surface area contributed by atoms with E-state index in [-0.39, 0.29) is 5.91 Å². The van der Waals surface area contributed by atoms with Gasteiger partial charge in [-0.25, -0.2) is 0 Å². The monoisotopic (exact) mass is 308 g/mol. The second kappa shape index (κ2) is 9.01. The van der Waals surface area contributed by atoms with Gasteiger partial charge in [-0.2, -0.15) is 0 Å². The minimum absolute atomic E-state index is 0.271. The Hall–Kier alpha value is -1.26. The van der Waals surface area contributed by atoms with E-state index >= 15 is 0 Å². The first-order valence-corrected chi connectivity index (χ1v) is 8.94. The van der Waals surface area contributed by atoms with Gasteiger partial charge >= 0.3 is 0 Å². The summed E-state index contributed by atoms with van der Waals surface area (Å²) >= 11 is 0. The molecule has 1 aliphatic heterocycles. The lowest BCUT2D eigenvalue weighted by Gasteiger charge is -2.31. The van der Waals surface area contributed by atoms with E-state index in [9.17, 15) is 4.79 Å². The van der Waals surface area contributed by atoms with Crippen molar-refractivity contribution in [2.24, 2.45) is 10.9 Å². The molecule has 126 valence electrons. The molecule has 5 nitrogen and oxygen atoms in total. The largest absolute Gasteiger partial charge is 0.356 e. The van der Waals surface area contributed by atoms with Crippen molar-refractivity contribution >= 4 is 11.9 Å². The maximum Gasteiger partial charge on any atom is 0.224 e. The molecule has 0 aromatic carbocycles. The maximum atomic E-state index is 12.2. The predicted octanol–water partition coefficient (Wildman–Crippen LogP) is 2.13. The average molecular weight is 308 g/mol. The zero-order valence-electron chi connectivity index (χ0n) is 14.2. The van der Waals surface area contributed by atoms with E-state index < -0.39 is 0 Å². The van der Waals surface area contributed by atoms with Crippen molar-refractivity contribution in [3.05, 3.63) is 0 Å². The quantitative estimate of drug-likeness (QED) is 0.618. The molecule has 0 bridgehead atoms. The number of carbonyl (C=O) groups is 1. The molecule has 1 heterocycles. The van der Waals surface area contributed by atoms with E-state index in [4.69, 9.17) is 0 Å². The fourth-order valence-electron chi connectivity index (χ4n) is 3.50. The molecular weight excluding hydrogens is 276 g/mol. The molecule has 1 saturated heterocycles. The summed E-state index contributed by atoms with van der Waals surface area (Å²) in [4.78, 5) is 18.5. The predicted molar refractivity (Wildman–Crippen MR) is 91.0 cm³/mol. The van der Waals surface area contributed by atoms with Gasteiger partial charge in [-0.05, 0) is 31.6 Å². The Morgan fingerprint density at radius 3 is 2.64 bits per heavy atom. The minimum atomic E-state index is 0.271. The number of rotatable bonds is 4. The minimum Gasteiger partial charge on any atom is -0.356 e. The van der Waals surface area contributed by atoms with Crippen LogP contribution in [0.2, 0.25) is 0 Å². The number of carbonyl (C=O) groups excluding carboxylic acids is 1. The number of amides is 1. The van der Waals surface area contributed by atoms with Crippen LogP contribution in [0.1, 0.15) is 58.3 Å². The van der Waals surface area contributed by atoms with Crippen LogP contribution in [0.25, 0.3) is 0 Å². The van der Waals surface area contributed by atoms with Crippen LogP contribution in [0.4, 0.5) is 0 Å².